The molecule has 0 amide bonds. The molecule has 0 N–H and O–H groups in total. The van der Waals surface area contributed by atoms with Crippen LogP contribution in [-0.4, -0.2) is 16.7 Å². The largest absolute Gasteiger partial charge is 0.497 e. The van der Waals surface area contributed by atoms with Gasteiger partial charge in [0.05, 0.1) is 24.6 Å². The Morgan fingerprint density at radius 3 is 2.31 bits per heavy atom. The van der Waals surface area contributed by atoms with E-state index in [4.69, 9.17) is 9.72 Å². The average Bonchev–Trinajstić information content (AvgIpc) is 2.71. The first-order valence-electron chi connectivity index (χ1n) is 8.44. The molecule has 0 bridgehead atoms. The van der Waals surface area contributed by atoms with Crippen molar-refractivity contribution in [3.63, 3.8) is 0 Å². The number of ether oxygens (including phenoxy) is 1. The Morgan fingerprint density at radius 2 is 1.58 bits per heavy atom. The lowest BCUT2D eigenvalue weighted by Crippen LogP contribution is -2.24. The third kappa shape index (κ3) is 2.97. The fraction of sp³-hybridized carbons (Fsp3) is 0.0909. The van der Waals surface area contributed by atoms with E-state index in [-0.39, 0.29) is 5.56 Å². The number of hydrogen-bond donors (Lipinski definition) is 0. The SMILES string of the molecule is COc1ccc(-c2nc3ccccc3c(=O)n2Cc2ccccc2)cc1. The molecule has 1 aromatic heterocycles. The lowest BCUT2D eigenvalue weighted by molar-refractivity contribution is 0.415. The highest BCUT2D eigenvalue weighted by Crippen LogP contribution is 2.22. The third-order valence-corrected chi connectivity index (χ3v) is 4.39. The molecule has 0 fully saturated rings. The van der Waals surface area contributed by atoms with Gasteiger partial charge in [-0.05, 0) is 42.0 Å². The van der Waals surface area contributed by atoms with Crippen molar-refractivity contribution in [2.24, 2.45) is 0 Å². The average molecular weight is 342 g/mol. The molecule has 3 aromatic carbocycles. The van der Waals surface area contributed by atoms with Crippen molar-refractivity contribution in [2.75, 3.05) is 7.11 Å². The van der Waals surface area contributed by atoms with Crippen LogP contribution in [0.15, 0.2) is 83.7 Å². The predicted octanol–water partition coefficient (Wildman–Crippen LogP) is 4.12. The highest BCUT2D eigenvalue weighted by Gasteiger charge is 2.13. The topological polar surface area (TPSA) is 44.1 Å². The Morgan fingerprint density at radius 1 is 0.885 bits per heavy atom. The first-order chi connectivity index (χ1) is 12.8. The van der Waals surface area contributed by atoms with Crippen LogP contribution in [0, 0.1) is 0 Å². The van der Waals surface area contributed by atoms with Crippen LogP contribution in [0.4, 0.5) is 0 Å². The maximum absolute atomic E-state index is 13.1. The van der Waals surface area contributed by atoms with Gasteiger partial charge in [0.15, 0.2) is 0 Å². The Balaban J connectivity index is 1.94. The second-order valence-corrected chi connectivity index (χ2v) is 6.06. The molecule has 0 saturated heterocycles. The van der Waals surface area contributed by atoms with Gasteiger partial charge in [-0.1, -0.05) is 42.5 Å². The first kappa shape index (κ1) is 16.1. The van der Waals surface area contributed by atoms with Crippen molar-refractivity contribution in [2.45, 2.75) is 6.54 Å². The van der Waals surface area contributed by atoms with E-state index in [1.54, 1.807) is 11.7 Å². The van der Waals surface area contributed by atoms with Gasteiger partial charge in [0.1, 0.15) is 11.6 Å². The lowest BCUT2D eigenvalue weighted by atomic mass is 10.1. The molecule has 0 unspecified atom stereocenters. The van der Waals surface area contributed by atoms with Crippen LogP contribution in [0.2, 0.25) is 0 Å². The maximum atomic E-state index is 13.1. The molecule has 0 radical (unpaired) electrons. The van der Waals surface area contributed by atoms with Crippen molar-refractivity contribution in [3.8, 4) is 17.1 Å². The molecule has 4 nitrogen and oxygen atoms in total. The molecule has 4 heteroatoms. The summed E-state index contributed by atoms with van der Waals surface area (Å²) in [6.45, 7) is 0.471. The molecule has 4 aromatic rings. The highest BCUT2D eigenvalue weighted by molar-refractivity contribution is 5.79. The summed E-state index contributed by atoms with van der Waals surface area (Å²) < 4.78 is 6.97. The van der Waals surface area contributed by atoms with Gasteiger partial charge in [-0.3, -0.25) is 9.36 Å². The molecule has 0 saturated carbocycles. The summed E-state index contributed by atoms with van der Waals surface area (Å²) in [6, 6.07) is 25.0. The molecule has 0 aliphatic rings. The lowest BCUT2D eigenvalue weighted by Gasteiger charge is -2.14. The highest BCUT2D eigenvalue weighted by atomic mass is 16.5. The number of aromatic nitrogens is 2. The van der Waals surface area contributed by atoms with E-state index in [0.29, 0.717) is 23.3 Å². The van der Waals surface area contributed by atoms with Gasteiger partial charge in [0, 0.05) is 5.56 Å². The molecule has 1 heterocycles. The van der Waals surface area contributed by atoms with E-state index >= 15 is 0 Å². The smallest absolute Gasteiger partial charge is 0.261 e. The van der Waals surface area contributed by atoms with Crippen LogP contribution in [0.1, 0.15) is 5.56 Å². The van der Waals surface area contributed by atoms with Crippen molar-refractivity contribution in [1.82, 2.24) is 9.55 Å². The van der Waals surface area contributed by atoms with Crippen molar-refractivity contribution in [3.05, 3.63) is 94.8 Å². The Kier molecular flexibility index (Phi) is 4.23. The molecule has 0 aliphatic carbocycles. The van der Waals surface area contributed by atoms with E-state index < -0.39 is 0 Å². The summed E-state index contributed by atoms with van der Waals surface area (Å²) in [6.07, 6.45) is 0. The van der Waals surface area contributed by atoms with Crippen LogP contribution in [0.3, 0.4) is 0 Å². The fourth-order valence-corrected chi connectivity index (χ4v) is 3.04. The van der Waals surface area contributed by atoms with Gasteiger partial charge in [0.2, 0.25) is 0 Å². The third-order valence-electron chi connectivity index (χ3n) is 4.39. The summed E-state index contributed by atoms with van der Waals surface area (Å²) in [4.78, 5) is 17.9. The predicted molar refractivity (Wildman–Crippen MR) is 104 cm³/mol. The Hall–Kier alpha value is -3.40. The van der Waals surface area contributed by atoms with E-state index in [1.807, 2.05) is 78.9 Å². The summed E-state index contributed by atoms with van der Waals surface area (Å²) in [7, 11) is 1.63. The first-order valence-corrected chi connectivity index (χ1v) is 8.44. The minimum absolute atomic E-state index is 0.0368. The van der Waals surface area contributed by atoms with E-state index in [9.17, 15) is 4.79 Å². The van der Waals surface area contributed by atoms with Crippen LogP contribution in [-0.2, 0) is 6.54 Å². The van der Waals surface area contributed by atoms with Gasteiger partial charge in [0.25, 0.3) is 5.56 Å². The molecular weight excluding hydrogens is 324 g/mol. The quantitative estimate of drug-likeness (QED) is 0.560. The van der Waals surface area contributed by atoms with Gasteiger partial charge in [-0.2, -0.15) is 0 Å². The number of benzene rings is 3. The normalized spacial score (nSPS) is 10.8. The van der Waals surface area contributed by atoms with Crippen LogP contribution < -0.4 is 10.3 Å². The second kappa shape index (κ2) is 6.84. The summed E-state index contributed by atoms with van der Waals surface area (Å²) >= 11 is 0. The molecule has 0 spiro atoms. The number of fused-ring (bicyclic) bond motifs is 1. The molecule has 0 aliphatic heterocycles. The zero-order valence-corrected chi connectivity index (χ0v) is 14.4. The molecular formula is C22H18N2O2. The molecule has 0 atom stereocenters. The fourth-order valence-electron chi connectivity index (χ4n) is 3.04. The van der Waals surface area contributed by atoms with Crippen molar-refractivity contribution in [1.29, 1.82) is 0 Å². The number of para-hydroxylation sites is 1. The van der Waals surface area contributed by atoms with Gasteiger partial charge in [-0.25, -0.2) is 4.98 Å². The van der Waals surface area contributed by atoms with E-state index in [1.165, 1.54) is 0 Å². The zero-order valence-electron chi connectivity index (χ0n) is 14.4. The number of nitrogens with zero attached hydrogens (tertiary/aromatic N) is 2. The van der Waals surface area contributed by atoms with Crippen molar-refractivity contribution >= 4 is 10.9 Å². The number of methoxy groups -OCH3 is 1. The second-order valence-electron chi connectivity index (χ2n) is 6.06. The maximum Gasteiger partial charge on any atom is 0.261 e. The standard InChI is InChI=1S/C22H18N2O2/c1-26-18-13-11-17(12-14-18)21-23-20-10-6-5-9-19(20)22(25)24(21)15-16-7-3-2-4-8-16/h2-14H,15H2,1H3. The summed E-state index contributed by atoms with van der Waals surface area (Å²) in [5, 5.41) is 0.626. The molecule has 128 valence electrons. The Labute approximate surface area is 151 Å². The van der Waals surface area contributed by atoms with Crippen LogP contribution in [0.25, 0.3) is 22.3 Å². The van der Waals surface area contributed by atoms with Crippen LogP contribution >= 0.6 is 0 Å². The number of rotatable bonds is 4. The number of hydrogen-bond acceptors (Lipinski definition) is 3. The summed E-state index contributed by atoms with van der Waals surface area (Å²) in [5.74, 6) is 1.42. The van der Waals surface area contributed by atoms with E-state index in [2.05, 4.69) is 0 Å². The van der Waals surface area contributed by atoms with Gasteiger partial charge < -0.3 is 4.74 Å². The molecule has 4 rings (SSSR count). The summed E-state index contributed by atoms with van der Waals surface area (Å²) in [5.41, 5.74) is 2.60. The minimum atomic E-state index is -0.0368. The zero-order chi connectivity index (χ0) is 17.9. The van der Waals surface area contributed by atoms with Gasteiger partial charge in [-0.15, -0.1) is 0 Å². The van der Waals surface area contributed by atoms with Crippen LogP contribution in [0.5, 0.6) is 5.75 Å². The minimum Gasteiger partial charge on any atom is -0.497 e. The Bertz CT molecular complexity index is 1100. The van der Waals surface area contributed by atoms with Gasteiger partial charge >= 0.3 is 0 Å². The van der Waals surface area contributed by atoms with E-state index in [0.717, 1.165) is 16.9 Å². The molecule has 26 heavy (non-hydrogen) atoms. The van der Waals surface area contributed by atoms with Crippen molar-refractivity contribution < 1.29 is 4.74 Å². The monoisotopic (exact) mass is 342 g/mol.